The van der Waals surface area contributed by atoms with E-state index in [2.05, 4.69) is 58.9 Å². The quantitative estimate of drug-likeness (QED) is 0.224. The highest BCUT2D eigenvalue weighted by atomic mass is 15.2. The van der Waals surface area contributed by atoms with Crippen molar-refractivity contribution >= 4 is 22.7 Å². The van der Waals surface area contributed by atoms with Gasteiger partial charge in [0.15, 0.2) is 0 Å². The Morgan fingerprint density at radius 3 is 2.14 bits per heavy atom. The summed E-state index contributed by atoms with van der Waals surface area (Å²) in [6.45, 7) is 3.24. The highest BCUT2D eigenvalue weighted by Crippen LogP contribution is 2.26. The predicted molar refractivity (Wildman–Crippen MR) is 159 cm³/mol. The lowest BCUT2D eigenvalue weighted by molar-refractivity contribution is 0.352. The van der Waals surface area contributed by atoms with Crippen molar-refractivity contribution in [2.75, 3.05) is 24.3 Å². The number of benzene rings is 2. The first-order valence-corrected chi connectivity index (χ1v) is 14.6. The summed E-state index contributed by atoms with van der Waals surface area (Å²) in [4.78, 5) is 11.7. The molecule has 37 heavy (non-hydrogen) atoms. The summed E-state index contributed by atoms with van der Waals surface area (Å²) in [5.41, 5.74) is 3.87. The Morgan fingerprint density at radius 1 is 0.757 bits per heavy atom. The van der Waals surface area contributed by atoms with Crippen LogP contribution in [0.5, 0.6) is 0 Å². The summed E-state index contributed by atoms with van der Waals surface area (Å²) >= 11 is 0. The highest BCUT2D eigenvalue weighted by Gasteiger charge is 2.22. The number of nitrogens with one attached hydrogen (secondary N) is 2. The van der Waals surface area contributed by atoms with Crippen LogP contribution >= 0.6 is 0 Å². The minimum absolute atomic E-state index is 0.431. The molecule has 0 bridgehead atoms. The van der Waals surface area contributed by atoms with Crippen LogP contribution in [0.4, 0.5) is 11.8 Å². The van der Waals surface area contributed by atoms with Crippen molar-refractivity contribution in [2.24, 2.45) is 0 Å². The lowest BCUT2D eigenvalue weighted by Gasteiger charge is -2.30. The van der Waals surface area contributed by atoms with Crippen LogP contribution in [0.15, 0.2) is 48.5 Å². The van der Waals surface area contributed by atoms with Gasteiger partial charge >= 0.3 is 0 Å². The van der Waals surface area contributed by atoms with Crippen molar-refractivity contribution in [3.05, 3.63) is 59.7 Å². The van der Waals surface area contributed by atoms with E-state index >= 15 is 0 Å². The van der Waals surface area contributed by atoms with E-state index in [9.17, 15) is 0 Å². The molecule has 1 fully saturated rings. The molecule has 200 valence electrons. The summed E-state index contributed by atoms with van der Waals surface area (Å²) < 4.78 is 0. The highest BCUT2D eigenvalue weighted by molar-refractivity contribution is 5.90. The number of unbranched alkanes of at least 4 members (excludes halogenated alkanes) is 6. The molecule has 5 nitrogen and oxygen atoms in total. The van der Waals surface area contributed by atoms with E-state index in [1.807, 2.05) is 26.2 Å². The second-order valence-corrected chi connectivity index (χ2v) is 11.0. The van der Waals surface area contributed by atoms with Gasteiger partial charge in [0.2, 0.25) is 5.95 Å². The van der Waals surface area contributed by atoms with Crippen molar-refractivity contribution < 1.29 is 0 Å². The first-order valence-electron chi connectivity index (χ1n) is 14.6. The van der Waals surface area contributed by atoms with Gasteiger partial charge in [0.25, 0.3) is 0 Å². The fraction of sp³-hybridized carbons (Fsp3) is 0.562. The maximum Gasteiger partial charge on any atom is 0.225 e. The second-order valence-electron chi connectivity index (χ2n) is 11.0. The van der Waals surface area contributed by atoms with Crippen molar-refractivity contribution in [1.82, 2.24) is 15.3 Å². The Bertz CT molecular complexity index is 1070. The van der Waals surface area contributed by atoms with Crippen LogP contribution in [-0.2, 0) is 13.0 Å². The second kappa shape index (κ2) is 14.3. The Balaban J connectivity index is 1.17. The van der Waals surface area contributed by atoms with Crippen molar-refractivity contribution in [3.63, 3.8) is 0 Å². The van der Waals surface area contributed by atoms with Crippen LogP contribution in [-0.4, -0.2) is 36.1 Å². The molecule has 4 rings (SSSR count). The lowest BCUT2D eigenvalue weighted by Crippen LogP contribution is -2.37. The molecule has 2 aromatic carbocycles. The largest absolute Gasteiger partial charge is 0.362 e. The molecule has 0 spiro atoms. The fourth-order valence-corrected chi connectivity index (χ4v) is 5.46. The van der Waals surface area contributed by atoms with Crippen molar-refractivity contribution in [3.8, 4) is 0 Å². The molecule has 3 aromatic rings. The van der Waals surface area contributed by atoms with E-state index in [1.165, 1.54) is 75.3 Å². The van der Waals surface area contributed by atoms with Gasteiger partial charge in [0.1, 0.15) is 5.82 Å². The smallest absolute Gasteiger partial charge is 0.225 e. The first kappa shape index (κ1) is 27.4. The third-order valence-corrected chi connectivity index (χ3v) is 7.75. The SMILES string of the molecule is CCCCCCCCCc1ccc(CN[C@H]2CC[C@@H](Nc3nc(N(C)C)c4ccccc4n3)CC2)cc1. The van der Waals surface area contributed by atoms with Crippen LogP contribution in [0.3, 0.4) is 0 Å². The number of anilines is 2. The molecule has 5 heteroatoms. The van der Waals surface area contributed by atoms with Gasteiger partial charge in [-0.15, -0.1) is 0 Å². The Hall–Kier alpha value is -2.66. The normalized spacial score (nSPS) is 17.7. The summed E-state index contributed by atoms with van der Waals surface area (Å²) in [6, 6.07) is 18.6. The monoisotopic (exact) mass is 501 g/mol. The molecule has 0 radical (unpaired) electrons. The standard InChI is InChI=1S/C32H47N5/c1-4-5-6-7-8-9-10-13-25-16-18-26(19-17-25)24-33-27-20-22-28(23-21-27)34-32-35-30-15-12-11-14-29(30)31(36-32)37(2)3/h11-12,14-19,27-28,33H,4-10,13,20-24H2,1-3H3,(H,34,35,36)/t27-,28+. The average molecular weight is 502 g/mol. The van der Waals surface area contributed by atoms with Gasteiger partial charge in [-0.3, -0.25) is 0 Å². The molecular formula is C32H47N5. The maximum atomic E-state index is 4.82. The van der Waals surface area contributed by atoms with E-state index < -0.39 is 0 Å². The Labute approximate surface area is 224 Å². The molecule has 1 aromatic heterocycles. The molecule has 2 N–H and O–H groups in total. The Kier molecular flexibility index (Phi) is 10.6. The number of hydrogen-bond acceptors (Lipinski definition) is 5. The van der Waals surface area contributed by atoms with Gasteiger partial charge in [0.05, 0.1) is 5.52 Å². The molecule has 0 saturated heterocycles. The minimum Gasteiger partial charge on any atom is -0.362 e. The maximum absolute atomic E-state index is 4.82. The topological polar surface area (TPSA) is 53.1 Å². The van der Waals surface area contributed by atoms with Gasteiger partial charge in [-0.2, -0.15) is 4.98 Å². The summed E-state index contributed by atoms with van der Waals surface area (Å²) in [6.07, 6.45) is 15.5. The van der Waals surface area contributed by atoms with Gasteiger partial charge in [0, 0.05) is 38.1 Å². The first-order chi connectivity index (χ1) is 18.1. The average Bonchev–Trinajstić information content (AvgIpc) is 2.92. The molecular weight excluding hydrogens is 454 g/mol. The number of aryl methyl sites for hydroxylation is 1. The van der Waals surface area contributed by atoms with Crippen molar-refractivity contribution in [2.45, 2.75) is 103 Å². The van der Waals surface area contributed by atoms with Gasteiger partial charge in [-0.1, -0.05) is 81.8 Å². The third-order valence-electron chi connectivity index (χ3n) is 7.75. The molecule has 0 atom stereocenters. The molecule has 0 aliphatic heterocycles. The fourth-order valence-electron chi connectivity index (χ4n) is 5.46. The summed E-state index contributed by atoms with van der Waals surface area (Å²) in [5.74, 6) is 1.72. The van der Waals surface area contributed by atoms with Gasteiger partial charge in [-0.05, 0) is 61.8 Å². The van der Waals surface area contributed by atoms with E-state index in [1.54, 1.807) is 0 Å². The zero-order chi connectivity index (χ0) is 25.9. The van der Waals surface area contributed by atoms with E-state index in [4.69, 9.17) is 9.97 Å². The van der Waals surface area contributed by atoms with Gasteiger partial charge in [-0.25, -0.2) is 4.98 Å². The van der Waals surface area contributed by atoms with Crippen molar-refractivity contribution in [1.29, 1.82) is 0 Å². The molecule has 1 saturated carbocycles. The number of rotatable bonds is 14. The number of aromatic nitrogens is 2. The van der Waals surface area contributed by atoms with Crippen LogP contribution in [0.25, 0.3) is 10.9 Å². The zero-order valence-electron chi connectivity index (χ0n) is 23.3. The number of fused-ring (bicyclic) bond motifs is 1. The Morgan fingerprint density at radius 2 is 1.41 bits per heavy atom. The van der Waals surface area contributed by atoms with Crippen LogP contribution in [0, 0.1) is 0 Å². The molecule has 1 heterocycles. The van der Waals surface area contributed by atoms with Crippen LogP contribution in [0.1, 0.15) is 88.7 Å². The van der Waals surface area contributed by atoms with E-state index in [0.717, 1.165) is 42.1 Å². The minimum atomic E-state index is 0.431. The number of nitrogens with zero attached hydrogens (tertiary/aromatic N) is 3. The predicted octanol–water partition coefficient (Wildman–Crippen LogP) is 7.50. The lowest BCUT2D eigenvalue weighted by atomic mass is 9.91. The van der Waals surface area contributed by atoms with E-state index in [0.29, 0.717) is 12.1 Å². The number of para-hydroxylation sites is 1. The number of hydrogen-bond donors (Lipinski definition) is 2. The third kappa shape index (κ3) is 8.43. The zero-order valence-corrected chi connectivity index (χ0v) is 23.3. The van der Waals surface area contributed by atoms with E-state index in [-0.39, 0.29) is 0 Å². The van der Waals surface area contributed by atoms with Crippen LogP contribution < -0.4 is 15.5 Å². The molecule has 1 aliphatic rings. The summed E-state index contributed by atoms with van der Waals surface area (Å²) in [7, 11) is 4.08. The molecule has 1 aliphatic carbocycles. The molecule has 0 amide bonds. The molecule has 0 unspecified atom stereocenters. The van der Waals surface area contributed by atoms with Crippen LogP contribution in [0.2, 0.25) is 0 Å². The van der Waals surface area contributed by atoms with Gasteiger partial charge < -0.3 is 15.5 Å². The summed E-state index contributed by atoms with van der Waals surface area (Å²) in [5, 5.41) is 8.52.